The molecule has 2 aliphatic rings. The molecule has 1 aromatic carbocycles. The SMILES string of the molecule is CCCn1c(=O)n(CCC(=O)N2CCC(C(=O)NC3CC3)CC2)c2ccccc21. The van der Waals surface area contributed by atoms with Crippen molar-refractivity contribution in [3.8, 4) is 0 Å². The minimum Gasteiger partial charge on any atom is -0.353 e. The average molecular weight is 399 g/mol. The largest absolute Gasteiger partial charge is 0.353 e. The number of carbonyl (C=O) groups is 2. The van der Waals surface area contributed by atoms with Crippen LogP contribution in [-0.2, 0) is 22.7 Å². The number of hydrogen-bond donors (Lipinski definition) is 1. The summed E-state index contributed by atoms with van der Waals surface area (Å²) in [5.74, 6) is 0.231. The molecule has 2 amide bonds. The number of benzene rings is 1. The summed E-state index contributed by atoms with van der Waals surface area (Å²) in [4.78, 5) is 39.6. The van der Waals surface area contributed by atoms with E-state index in [1.807, 2.05) is 29.2 Å². The zero-order chi connectivity index (χ0) is 20.4. The van der Waals surface area contributed by atoms with Gasteiger partial charge in [-0.3, -0.25) is 18.7 Å². The third-order valence-electron chi connectivity index (χ3n) is 6.06. The number of para-hydroxylation sites is 2. The summed E-state index contributed by atoms with van der Waals surface area (Å²) in [6.07, 6.45) is 4.82. The second-order valence-corrected chi connectivity index (χ2v) is 8.26. The number of aromatic nitrogens is 2. The van der Waals surface area contributed by atoms with Crippen LogP contribution in [0.3, 0.4) is 0 Å². The molecule has 0 atom stereocenters. The molecule has 156 valence electrons. The first-order valence-corrected chi connectivity index (χ1v) is 10.8. The number of rotatable bonds is 7. The van der Waals surface area contributed by atoms with Crippen LogP contribution in [0.15, 0.2) is 29.1 Å². The Labute approximate surface area is 170 Å². The molecule has 1 saturated heterocycles. The van der Waals surface area contributed by atoms with Crippen molar-refractivity contribution in [2.24, 2.45) is 5.92 Å². The minimum atomic E-state index is -0.0451. The summed E-state index contributed by atoms with van der Waals surface area (Å²) in [5, 5.41) is 3.07. The highest BCUT2D eigenvalue weighted by molar-refractivity contribution is 5.81. The normalized spacial score (nSPS) is 17.6. The Kier molecular flexibility index (Phi) is 5.74. The van der Waals surface area contributed by atoms with Crippen molar-refractivity contribution in [1.82, 2.24) is 19.4 Å². The molecule has 0 unspecified atom stereocenters. The summed E-state index contributed by atoms with van der Waals surface area (Å²) >= 11 is 0. The highest BCUT2D eigenvalue weighted by Gasteiger charge is 2.31. The van der Waals surface area contributed by atoms with E-state index in [1.165, 1.54) is 0 Å². The molecule has 2 fully saturated rings. The number of amides is 2. The first-order chi connectivity index (χ1) is 14.1. The number of nitrogens with one attached hydrogen (secondary N) is 1. The molecule has 0 radical (unpaired) electrons. The van der Waals surface area contributed by atoms with E-state index in [-0.39, 0.29) is 23.4 Å². The molecule has 29 heavy (non-hydrogen) atoms. The third kappa shape index (κ3) is 4.23. The summed E-state index contributed by atoms with van der Waals surface area (Å²) in [5.41, 5.74) is 1.76. The fourth-order valence-electron chi connectivity index (χ4n) is 4.23. The number of likely N-dealkylation sites (tertiary alicyclic amines) is 1. The third-order valence-corrected chi connectivity index (χ3v) is 6.06. The molecule has 1 saturated carbocycles. The van der Waals surface area contributed by atoms with Crippen LogP contribution >= 0.6 is 0 Å². The van der Waals surface area contributed by atoms with Crippen molar-refractivity contribution in [3.05, 3.63) is 34.7 Å². The maximum atomic E-state index is 12.8. The van der Waals surface area contributed by atoms with Crippen LogP contribution in [0.4, 0.5) is 0 Å². The van der Waals surface area contributed by atoms with Gasteiger partial charge in [0.25, 0.3) is 0 Å². The van der Waals surface area contributed by atoms with Crippen molar-refractivity contribution in [2.45, 2.75) is 64.6 Å². The van der Waals surface area contributed by atoms with E-state index in [0.29, 0.717) is 38.6 Å². The van der Waals surface area contributed by atoms with E-state index in [9.17, 15) is 14.4 Å². The van der Waals surface area contributed by atoms with Crippen molar-refractivity contribution in [2.75, 3.05) is 13.1 Å². The first kappa shape index (κ1) is 19.7. The van der Waals surface area contributed by atoms with Crippen molar-refractivity contribution in [1.29, 1.82) is 0 Å². The highest BCUT2D eigenvalue weighted by atomic mass is 16.2. The van der Waals surface area contributed by atoms with Gasteiger partial charge in [0.05, 0.1) is 11.0 Å². The topological polar surface area (TPSA) is 76.3 Å². The smallest absolute Gasteiger partial charge is 0.329 e. The summed E-state index contributed by atoms with van der Waals surface area (Å²) in [6.45, 7) is 4.35. The van der Waals surface area contributed by atoms with Gasteiger partial charge in [-0.25, -0.2) is 4.79 Å². The Hall–Kier alpha value is -2.57. The molecule has 0 spiro atoms. The lowest BCUT2D eigenvalue weighted by molar-refractivity contribution is -0.135. The van der Waals surface area contributed by atoms with Crippen molar-refractivity contribution < 1.29 is 9.59 Å². The molecule has 1 aromatic heterocycles. The van der Waals surface area contributed by atoms with Crippen LogP contribution in [0.2, 0.25) is 0 Å². The predicted molar refractivity (Wildman–Crippen MR) is 112 cm³/mol. The highest BCUT2D eigenvalue weighted by Crippen LogP contribution is 2.23. The lowest BCUT2D eigenvalue weighted by Gasteiger charge is -2.31. The van der Waals surface area contributed by atoms with Crippen molar-refractivity contribution in [3.63, 3.8) is 0 Å². The van der Waals surface area contributed by atoms with E-state index >= 15 is 0 Å². The Balaban J connectivity index is 1.36. The number of imidazole rings is 1. The van der Waals surface area contributed by atoms with Gasteiger partial charge in [-0.05, 0) is 44.2 Å². The van der Waals surface area contributed by atoms with Gasteiger partial charge in [0.2, 0.25) is 11.8 Å². The van der Waals surface area contributed by atoms with E-state index in [2.05, 4.69) is 12.2 Å². The van der Waals surface area contributed by atoms with Gasteiger partial charge in [-0.15, -0.1) is 0 Å². The summed E-state index contributed by atoms with van der Waals surface area (Å²) in [7, 11) is 0. The maximum Gasteiger partial charge on any atom is 0.329 e. The van der Waals surface area contributed by atoms with E-state index < -0.39 is 0 Å². The van der Waals surface area contributed by atoms with Crippen LogP contribution in [-0.4, -0.2) is 45.0 Å². The number of fused-ring (bicyclic) bond motifs is 1. The Morgan fingerprint density at radius 2 is 1.62 bits per heavy atom. The zero-order valence-electron chi connectivity index (χ0n) is 17.1. The molecule has 7 heteroatoms. The standard InChI is InChI=1S/C22H30N4O3/c1-2-12-25-18-5-3-4-6-19(18)26(22(25)29)15-11-20(27)24-13-9-16(10-14-24)21(28)23-17-7-8-17/h3-6,16-17H,2,7-15H2,1H3,(H,23,28). The Morgan fingerprint density at radius 1 is 1.00 bits per heavy atom. The van der Waals surface area contributed by atoms with E-state index in [1.54, 1.807) is 9.13 Å². The average Bonchev–Trinajstić information content (AvgIpc) is 3.52. The van der Waals surface area contributed by atoms with Gasteiger partial charge < -0.3 is 10.2 Å². The molecule has 1 aliphatic heterocycles. The first-order valence-electron chi connectivity index (χ1n) is 10.8. The summed E-state index contributed by atoms with van der Waals surface area (Å²) < 4.78 is 3.52. The fraction of sp³-hybridized carbons (Fsp3) is 0.591. The molecular formula is C22H30N4O3. The van der Waals surface area contributed by atoms with Crippen LogP contribution in [0.5, 0.6) is 0 Å². The van der Waals surface area contributed by atoms with Gasteiger partial charge in [0.15, 0.2) is 0 Å². The Bertz CT molecular complexity index is 949. The lowest BCUT2D eigenvalue weighted by atomic mass is 9.95. The quantitative estimate of drug-likeness (QED) is 0.776. The Morgan fingerprint density at radius 3 is 2.21 bits per heavy atom. The van der Waals surface area contributed by atoms with Gasteiger partial charge >= 0.3 is 5.69 Å². The number of nitrogens with zero attached hydrogens (tertiary/aromatic N) is 3. The number of carbonyl (C=O) groups excluding carboxylic acids is 2. The van der Waals surface area contributed by atoms with Crippen LogP contribution in [0.25, 0.3) is 11.0 Å². The molecule has 4 rings (SSSR count). The van der Waals surface area contributed by atoms with Crippen LogP contribution in [0, 0.1) is 5.92 Å². The van der Waals surface area contributed by atoms with Crippen LogP contribution in [0.1, 0.15) is 45.4 Å². The maximum absolute atomic E-state index is 12.8. The van der Waals surface area contributed by atoms with Crippen molar-refractivity contribution >= 4 is 22.8 Å². The second-order valence-electron chi connectivity index (χ2n) is 8.26. The van der Waals surface area contributed by atoms with Crippen LogP contribution < -0.4 is 11.0 Å². The monoisotopic (exact) mass is 398 g/mol. The molecule has 7 nitrogen and oxygen atoms in total. The van der Waals surface area contributed by atoms with Gasteiger partial charge in [0, 0.05) is 44.6 Å². The fourth-order valence-corrected chi connectivity index (χ4v) is 4.23. The van der Waals surface area contributed by atoms with Gasteiger partial charge in [-0.2, -0.15) is 0 Å². The lowest BCUT2D eigenvalue weighted by Crippen LogP contribution is -2.43. The number of aryl methyl sites for hydroxylation is 2. The van der Waals surface area contributed by atoms with Gasteiger partial charge in [0.1, 0.15) is 0 Å². The predicted octanol–water partition coefficient (Wildman–Crippen LogP) is 2.12. The molecule has 2 heterocycles. The number of piperidine rings is 1. The second kappa shape index (κ2) is 8.43. The molecule has 1 aliphatic carbocycles. The zero-order valence-corrected chi connectivity index (χ0v) is 17.1. The minimum absolute atomic E-state index is 0.0225. The van der Waals surface area contributed by atoms with Gasteiger partial charge in [-0.1, -0.05) is 19.1 Å². The van der Waals surface area contributed by atoms with E-state index in [4.69, 9.17) is 0 Å². The number of hydrogen-bond acceptors (Lipinski definition) is 3. The molecular weight excluding hydrogens is 368 g/mol. The molecule has 0 bridgehead atoms. The van der Waals surface area contributed by atoms with E-state index in [0.717, 1.165) is 43.1 Å². The molecule has 2 aromatic rings. The molecule has 1 N–H and O–H groups in total. The summed E-state index contributed by atoms with van der Waals surface area (Å²) in [6, 6.07) is 8.15.